The van der Waals surface area contributed by atoms with Crippen molar-refractivity contribution in [3.8, 4) is 0 Å². The first-order valence-corrected chi connectivity index (χ1v) is 7.75. The van der Waals surface area contributed by atoms with Gasteiger partial charge in [0, 0.05) is 24.9 Å². The molecule has 2 aliphatic rings. The van der Waals surface area contributed by atoms with E-state index >= 15 is 0 Å². The summed E-state index contributed by atoms with van der Waals surface area (Å²) in [5, 5.41) is 0. The van der Waals surface area contributed by atoms with Gasteiger partial charge in [-0.1, -0.05) is 18.2 Å². The Bertz CT molecular complexity index is 580. The predicted molar refractivity (Wildman–Crippen MR) is 77.3 cm³/mol. The molecular weight excluding hydrogens is 291 g/mol. The normalized spacial score (nSPS) is 29.0. The van der Waals surface area contributed by atoms with E-state index in [1.165, 1.54) is 12.1 Å². The number of amides is 1. The summed E-state index contributed by atoms with van der Waals surface area (Å²) >= 11 is 0. The highest BCUT2D eigenvalue weighted by Crippen LogP contribution is 2.47. The Hall–Kier alpha value is -1.52. The maximum absolute atomic E-state index is 12.9. The van der Waals surface area contributed by atoms with Gasteiger partial charge in [-0.15, -0.1) is 0 Å². The number of hydrogen-bond acceptors (Lipinski definition) is 1. The summed E-state index contributed by atoms with van der Waals surface area (Å²) in [6.07, 6.45) is -1.31. The van der Waals surface area contributed by atoms with Gasteiger partial charge in [0.25, 0.3) is 0 Å². The summed E-state index contributed by atoms with van der Waals surface area (Å²) < 4.78 is 38.7. The lowest BCUT2D eigenvalue weighted by atomic mass is 9.89. The first kappa shape index (κ1) is 15.4. The second-order valence-electron chi connectivity index (χ2n) is 6.54. The van der Waals surface area contributed by atoms with Crippen molar-refractivity contribution in [3.63, 3.8) is 0 Å². The van der Waals surface area contributed by atoms with Crippen LogP contribution < -0.4 is 0 Å². The second-order valence-corrected chi connectivity index (χ2v) is 6.54. The van der Waals surface area contributed by atoms with Crippen molar-refractivity contribution in [1.29, 1.82) is 0 Å². The van der Waals surface area contributed by atoms with Crippen molar-refractivity contribution in [2.24, 2.45) is 5.92 Å². The number of carbonyl (C=O) groups excluding carboxylic acids is 1. The van der Waals surface area contributed by atoms with Gasteiger partial charge in [0.2, 0.25) is 5.91 Å². The van der Waals surface area contributed by atoms with E-state index < -0.39 is 11.7 Å². The van der Waals surface area contributed by atoms with Crippen molar-refractivity contribution in [2.75, 3.05) is 0 Å². The molecule has 1 saturated heterocycles. The van der Waals surface area contributed by atoms with Crippen LogP contribution in [0.3, 0.4) is 0 Å². The summed E-state index contributed by atoms with van der Waals surface area (Å²) in [5.41, 5.74) is 0.0816. The molecule has 5 heteroatoms. The van der Waals surface area contributed by atoms with Crippen molar-refractivity contribution in [2.45, 2.75) is 57.3 Å². The topological polar surface area (TPSA) is 20.3 Å². The van der Waals surface area contributed by atoms with Crippen LogP contribution in [0.1, 0.15) is 50.2 Å². The minimum atomic E-state index is -4.33. The molecule has 120 valence electrons. The largest absolute Gasteiger partial charge is 0.416 e. The summed E-state index contributed by atoms with van der Waals surface area (Å²) in [6.45, 7) is 3.51. The van der Waals surface area contributed by atoms with Gasteiger partial charge < -0.3 is 4.90 Å². The van der Waals surface area contributed by atoms with Crippen LogP contribution >= 0.6 is 0 Å². The van der Waals surface area contributed by atoms with Crippen LogP contribution in [0.5, 0.6) is 0 Å². The van der Waals surface area contributed by atoms with Crippen LogP contribution in [-0.4, -0.2) is 22.9 Å². The molecule has 1 amide bonds. The van der Waals surface area contributed by atoms with E-state index in [1.54, 1.807) is 13.0 Å². The fourth-order valence-corrected chi connectivity index (χ4v) is 3.85. The number of benzene rings is 1. The van der Waals surface area contributed by atoms with Crippen LogP contribution in [0.15, 0.2) is 24.3 Å². The van der Waals surface area contributed by atoms with Crippen molar-refractivity contribution < 1.29 is 18.0 Å². The number of rotatable bonds is 2. The first-order valence-electron chi connectivity index (χ1n) is 7.75. The minimum Gasteiger partial charge on any atom is -0.336 e. The third-order valence-electron chi connectivity index (χ3n) is 5.05. The number of halogens is 3. The molecule has 0 N–H and O–H groups in total. The van der Waals surface area contributed by atoms with Crippen molar-refractivity contribution in [3.05, 3.63) is 35.4 Å². The Morgan fingerprint density at radius 1 is 1.27 bits per heavy atom. The van der Waals surface area contributed by atoms with Gasteiger partial charge in [-0.3, -0.25) is 4.79 Å². The van der Waals surface area contributed by atoms with Gasteiger partial charge in [-0.05, 0) is 43.7 Å². The van der Waals surface area contributed by atoms with Crippen molar-refractivity contribution >= 4 is 5.91 Å². The average Bonchev–Trinajstić information content (AvgIpc) is 3.21. The lowest BCUT2D eigenvalue weighted by molar-refractivity contribution is -0.137. The van der Waals surface area contributed by atoms with Gasteiger partial charge in [0.05, 0.1) is 5.56 Å². The molecule has 0 radical (unpaired) electrons. The molecule has 1 saturated carbocycles. The van der Waals surface area contributed by atoms with Gasteiger partial charge in [0.15, 0.2) is 0 Å². The molecule has 2 nitrogen and oxygen atoms in total. The Morgan fingerprint density at radius 3 is 2.50 bits per heavy atom. The minimum absolute atomic E-state index is 0.0169. The third kappa shape index (κ3) is 2.73. The van der Waals surface area contributed by atoms with Crippen LogP contribution in [0, 0.1) is 5.92 Å². The van der Waals surface area contributed by atoms with E-state index in [-0.39, 0.29) is 23.9 Å². The maximum atomic E-state index is 12.9. The van der Waals surface area contributed by atoms with Gasteiger partial charge in [-0.25, -0.2) is 0 Å². The summed E-state index contributed by atoms with van der Waals surface area (Å²) in [4.78, 5) is 13.8. The van der Waals surface area contributed by atoms with Crippen LogP contribution in [-0.2, 0) is 11.0 Å². The molecule has 1 aromatic rings. The number of alkyl halides is 3. The van der Waals surface area contributed by atoms with Crippen molar-refractivity contribution in [1.82, 2.24) is 4.90 Å². The van der Waals surface area contributed by atoms with Crippen LogP contribution in [0.4, 0.5) is 13.2 Å². The molecule has 0 aromatic heterocycles. The molecule has 0 spiro atoms. The highest BCUT2D eigenvalue weighted by Gasteiger charge is 2.47. The quantitative estimate of drug-likeness (QED) is 0.801. The highest BCUT2D eigenvalue weighted by molar-refractivity contribution is 5.74. The molecule has 2 fully saturated rings. The number of likely N-dealkylation sites (tertiary alicyclic amines) is 1. The van der Waals surface area contributed by atoms with E-state index in [2.05, 4.69) is 0 Å². The van der Waals surface area contributed by atoms with Gasteiger partial charge in [-0.2, -0.15) is 13.2 Å². The zero-order valence-corrected chi connectivity index (χ0v) is 12.7. The molecular formula is C17H20F3NO. The maximum Gasteiger partial charge on any atom is 0.416 e. The number of carbonyl (C=O) groups is 1. The Kier molecular flexibility index (Phi) is 3.69. The summed E-state index contributed by atoms with van der Waals surface area (Å²) in [6, 6.07) is 5.70. The Balaban J connectivity index is 1.90. The average molecular weight is 311 g/mol. The Labute approximate surface area is 128 Å². The van der Waals surface area contributed by atoms with Gasteiger partial charge >= 0.3 is 6.18 Å². The molecule has 3 unspecified atom stereocenters. The van der Waals surface area contributed by atoms with Gasteiger partial charge in [0.1, 0.15) is 0 Å². The molecule has 3 rings (SSSR count). The zero-order valence-electron chi connectivity index (χ0n) is 12.7. The van der Waals surface area contributed by atoms with E-state index in [4.69, 9.17) is 0 Å². The lowest BCUT2D eigenvalue weighted by Gasteiger charge is -2.28. The molecule has 1 heterocycles. The first-order chi connectivity index (χ1) is 10.3. The van der Waals surface area contributed by atoms with E-state index in [0.717, 1.165) is 25.3 Å². The molecule has 1 aromatic carbocycles. The zero-order chi connectivity index (χ0) is 16.1. The highest BCUT2D eigenvalue weighted by atomic mass is 19.4. The molecule has 1 aliphatic carbocycles. The van der Waals surface area contributed by atoms with Crippen LogP contribution in [0.25, 0.3) is 0 Å². The lowest BCUT2D eigenvalue weighted by Crippen LogP contribution is -2.40. The molecule has 0 bridgehead atoms. The number of hydrogen-bond donors (Lipinski definition) is 0. The SMILES string of the molecule is CC(=O)N1C(C)C(c2cccc(C(F)(F)F)c2)CC1C1CC1. The third-order valence-corrected chi connectivity index (χ3v) is 5.05. The van der Waals surface area contributed by atoms with E-state index in [9.17, 15) is 18.0 Å². The second kappa shape index (κ2) is 5.28. The summed E-state index contributed by atoms with van der Waals surface area (Å²) in [7, 11) is 0. The van der Waals surface area contributed by atoms with E-state index in [0.29, 0.717) is 11.5 Å². The molecule has 3 atom stereocenters. The standard InChI is InChI=1S/C17H20F3NO/c1-10-15(9-16(12-6-7-12)21(10)11(2)22)13-4-3-5-14(8-13)17(18,19)20/h3-5,8,10,12,15-16H,6-7,9H2,1-2H3. The fraction of sp³-hybridized carbons (Fsp3) is 0.588. The van der Waals surface area contributed by atoms with E-state index in [1.807, 2.05) is 11.8 Å². The number of nitrogens with zero attached hydrogens (tertiary/aromatic N) is 1. The predicted octanol–water partition coefficient (Wildman–Crippen LogP) is 4.21. The summed E-state index contributed by atoms with van der Waals surface area (Å²) in [5.74, 6) is 0.540. The smallest absolute Gasteiger partial charge is 0.336 e. The molecule has 22 heavy (non-hydrogen) atoms. The Morgan fingerprint density at radius 2 is 1.95 bits per heavy atom. The van der Waals surface area contributed by atoms with Crippen LogP contribution in [0.2, 0.25) is 0 Å². The molecule has 1 aliphatic heterocycles. The fourth-order valence-electron chi connectivity index (χ4n) is 3.85. The monoisotopic (exact) mass is 311 g/mol.